The fourth-order valence-electron chi connectivity index (χ4n) is 4.50. The molecule has 150 valence electrons. The Hall–Kier alpha value is -2.95. The summed E-state index contributed by atoms with van der Waals surface area (Å²) in [5, 5.41) is 0.818. The SMILES string of the molecule is Cc1[nH]c2ccccc2c1C(=O)[C@H](C)OC(=O)C1(c2cccc(F)c2)CCCC1. The van der Waals surface area contributed by atoms with E-state index in [0.717, 1.165) is 29.4 Å². The number of carbonyl (C=O) groups is 2. The van der Waals surface area contributed by atoms with Gasteiger partial charge < -0.3 is 9.72 Å². The molecule has 0 saturated heterocycles. The van der Waals surface area contributed by atoms with Crippen molar-refractivity contribution in [1.82, 2.24) is 4.98 Å². The van der Waals surface area contributed by atoms with Crippen molar-refractivity contribution in [2.75, 3.05) is 0 Å². The van der Waals surface area contributed by atoms with Crippen molar-refractivity contribution in [3.63, 3.8) is 0 Å². The van der Waals surface area contributed by atoms with Gasteiger partial charge in [0.2, 0.25) is 5.78 Å². The molecule has 4 nitrogen and oxygen atoms in total. The monoisotopic (exact) mass is 393 g/mol. The maximum absolute atomic E-state index is 13.8. The van der Waals surface area contributed by atoms with Crippen molar-refractivity contribution < 1.29 is 18.7 Å². The Kier molecular flexibility index (Phi) is 4.99. The van der Waals surface area contributed by atoms with Gasteiger partial charge in [0.25, 0.3) is 0 Å². The van der Waals surface area contributed by atoms with E-state index in [1.54, 1.807) is 19.1 Å². The molecule has 1 aromatic heterocycles. The van der Waals surface area contributed by atoms with Gasteiger partial charge in [0, 0.05) is 22.2 Å². The highest BCUT2D eigenvalue weighted by Gasteiger charge is 2.45. The van der Waals surface area contributed by atoms with Gasteiger partial charge in [-0.25, -0.2) is 4.39 Å². The molecule has 1 fully saturated rings. The smallest absolute Gasteiger partial charge is 0.317 e. The van der Waals surface area contributed by atoms with Crippen molar-refractivity contribution in [2.45, 2.75) is 51.0 Å². The number of para-hydroxylation sites is 1. The molecule has 29 heavy (non-hydrogen) atoms. The maximum atomic E-state index is 13.8. The molecule has 0 aliphatic heterocycles. The molecule has 1 N–H and O–H groups in total. The van der Waals surface area contributed by atoms with Gasteiger partial charge in [-0.1, -0.05) is 43.2 Å². The maximum Gasteiger partial charge on any atom is 0.317 e. The predicted octanol–water partition coefficient (Wildman–Crippen LogP) is 5.24. The molecule has 0 amide bonds. The number of hydrogen-bond donors (Lipinski definition) is 1. The second-order valence-electron chi connectivity index (χ2n) is 7.88. The minimum Gasteiger partial charge on any atom is -0.454 e. The summed E-state index contributed by atoms with van der Waals surface area (Å²) in [6.07, 6.45) is 2.02. The number of ketones is 1. The second kappa shape index (κ2) is 7.47. The molecule has 4 rings (SSSR count). The van der Waals surface area contributed by atoms with Crippen LogP contribution in [0.3, 0.4) is 0 Å². The molecule has 0 radical (unpaired) electrons. The van der Waals surface area contributed by atoms with Crippen LogP contribution in [-0.4, -0.2) is 22.8 Å². The van der Waals surface area contributed by atoms with Gasteiger partial charge in [-0.3, -0.25) is 9.59 Å². The van der Waals surface area contributed by atoms with Gasteiger partial charge >= 0.3 is 5.97 Å². The van der Waals surface area contributed by atoms with Crippen molar-refractivity contribution >= 4 is 22.7 Å². The summed E-state index contributed by atoms with van der Waals surface area (Å²) in [6.45, 7) is 3.45. The number of aromatic nitrogens is 1. The number of H-pyrrole nitrogens is 1. The highest BCUT2D eigenvalue weighted by Crippen LogP contribution is 2.42. The average Bonchev–Trinajstić information content (AvgIpc) is 3.32. The van der Waals surface area contributed by atoms with Crippen LogP contribution in [0, 0.1) is 12.7 Å². The van der Waals surface area contributed by atoms with Crippen LogP contribution in [0.5, 0.6) is 0 Å². The molecule has 2 aromatic carbocycles. The quantitative estimate of drug-likeness (QED) is 0.476. The van der Waals surface area contributed by atoms with E-state index in [1.165, 1.54) is 12.1 Å². The van der Waals surface area contributed by atoms with Crippen molar-refractivity contribution in [2.24, 2.45) is 0 Å². The number of benzene rings is 2. The van der Waals surface area contributed by atoms with Crippen LogP contribution < -0.4 is 0 Å². The molecule has 1 atom stereocenters. The molecule has 1 aliphatic carbocycles. The van der Waals surface area contributed by atoms with Crippen LogP contribution in [0.1, 0.15) is 54.2 Å². The fraction of sp³-hybridized carbons (Fsp3) is 0.333. The molecule has 1 heterocycles. The third kappa shape index (κ3) is 3.35. The van der Waals surface area contributed by atoms with E-state index >= 15 is 0 Å². The number of esters is 1. The summed E-state index contributed by atoms with van der Waals surface area (Å²) in [5.74, 6) is -1.06. The fourth-order valence-corrected chi connectivity index (χ4v) is 4.50. The zero-order valence-electron chi connectivity index (χ0n) is 16.6. The van der Waals surface area contributed by atoms with E-state index in [9.17, 15) is 14.0 Å². The first-order valence-electron chi connectivity index (χ1n) is 10.0. The number of Topliss-reactive ketones (excluding diaryl/α,β-unsaturated/α-hetero) is 1. The molecular formula is C24H24FNO3. The van der Waals surface area contributed by atoms with Crippen LogP contribution in [0.25, 0.3) is 10.9 Å². The zero-order chi connectivity index (χ0) is 20.6. The lowest BCUT2D eigenvalue weighted by Gasteiger charge is -2.28. The van der Waals surface area contributed by atoms with Gasteiger partial charge in [-0.2, -0.15) is 0 Å². The summed E-state index contributed by atoms with van der Waals surface area (Å²) < 4.78 is 19.5. The summed E-state index contributed by atoms with van der Waals surface area (Å²) in [5.41, 5.74) is 1.92. The number of aromatic amines is 1. The molecule has 1 saturated carbocycles. The lowest BCUT2D eigenvalue weighted by molar-refractivity contribution is -0.153. The van der Waals surface area contributed by atoms with E-state index in [0.29, 0.717) is 24.0 Å². The van der Waals surface area contributed by atoms with E-state index in [4.69, 9.17) is 4.74 Å². The van der Waals surface area contributed by atoms with Gasteiger partial charge in [0.15, 0.2) is 6.10 Å². The number of halogens is 1. The first-order chi connectivity index (χ1) is 13.9. The average molecular weight is 393 g/mol. The first kappa shape index (κ1) is 19.4. The predicted molar refractivity (Wildman–Crippen MR) is 109 cm³/mol. The van der Waals surface area contributed by atoms with Gasteiger partial charge in [0.1, 0.15) is 5.82 Å². The number of aryl methyl sites for hydroxylation is 1. The Morgan fingerprint density at radius 1 is 1.10 bits per heavy atom. The Labute approximate surface area is 169 Å². The first-order valence-corrected chi connectivity index (χ1v) is 10.0. The van der Waals surface area contributed by atoms with Crippen LogP contribution >= 0.6 is 0 Å². The number of carbonyl (C=O) groups excluding carboxylic acids is 2. The normalized spacial score (nSPS) is 16.7. The third-order valence-corrected chi connectivity index (χ3v) is 6.02. The van der Waals surface area contributed by atoms with E-state index < -0.39 is 17.5 Å². The largest absolute Gasteiger partial charge is 0.454 e. The summed E-state index contributed by atoms with van der Waals surface area (Å²) >= 11 is 0. The highest BCUT2D eigenvalue weighted by molar-refractivity contribution is 6.11. The lowest BCUT2D eigenvalue weighted by atomic mass is 9.79. The molecule has 3 aromatic rings. The summed E-state index contributed by atoms with van der Waals surface area (Å²) in [7, 11) is 0. The number of fused-ring (bicyclic) bond motifs is 1. The Bertz CT molecular complexity index is 1080. The Morgan fingerprint density at radius 2 is 1.83 bits per heavy atom. The molecule has 1 aliphatic rings. The molecule has 0 bridgehead atoms. The van der Waals surface area contributed by atoms with Crippen LogP contribution in [0.4, 0.5) is 4.39 Å². The van der Waals surface area contributed by atoms with E-state index in [2.05, 4.69) is 4.98 Å². The van der Waals surface area contributed by atoms with Gasteiger partial charge in [0.05, 0.1) is 5.41 Å². The van der Waals surface area contributed by atoms with Crippen molar-refractivity contribution in [1.29, 1.82) is 0 Å². The molecule has 0 spiro atoms. The van der Waals surface area contributed by atoms with Crippen molar-refractivity contribution in [3.05, 3.63) is 71.2 Å². The van der Waals surface area contributed by atoms with Crippen LogP contribution in [0.15, 0.2) is 48.5 Å². The van der Waals surface area contributed by atoms with E-state index in [1.807, 2.05) is 31.2 Å². The zero-order valence-corrected chi connectivity index (χ0v) is 16.6. The second-order valence-corrected chi connectivity index (χ2v) is 7.88. The number of ether oxygens (including phenoxy) is 1. The Balaban J connectivity index is 1.61. The molecule has 5 heteroatoms. The van der Waals surface area contributed by atoms with Gasteiger partial charge in [-0.05, 0) is 50.5 Å². The Morgan fingerprint density at radius 3 is 2.55 bits per heavy atom. The summed E-state index contributed by atoms with van der Waals surface area (Å²) in [4.78, 5) is 29.5. The topological polar surface area (TPSA) is 59.2 Å². The third-order valence-electron chi connectivity index (χ3n) is 6.02. The van der Waals surface area contributed by atoms with Crippen molar-refractivity contribution in [3.8, 4) is 0 Å². The van der Waals surface area contributed by atoms with Crippen LogP contribution in [0.2, 0.25) is 0 Å². The minimum absolute atomic E-state index is 0.235. The number of nitrogens with one attached hydrogen (secondary N) is 1. The summed E-state index contributed by atoms with van der Waals surface area (Å²) in [6, 6.07) is 13.7. The van der Waals surface area contributed by atoms with E-state index in [-0.39, 0.29) is 11.6 Å². The number of hydrogen-bond acceptors (Lipinski definition) is 3. The van der Waals surface area contributed by atoms with Gasteiger partial charge in [-0.15, -0.1) is 0 Å². The highest BCUT2D eigenvalue weighted by atomic mass is 19.1. The standard InChI is InChI=1S/C24H24FNO3/c1-15-21(19-10-3-4-11-20(19)26-15)22(27)16(2)29-23(28)24(12-5-6-13-24)17-8-7-9-18(25)14-17/h3-4,7-11,14,16,26H,5-6,12-13H2,1-2H3/t16-/m0/s1. The lowest BCUT2D eigenvalue weighted by Crippen LogP contribution is -2.38. The molecular weight excluding hydrogens is 369 g/mol. The minimum atomic E-state index is -0.925. The molecule has 0 unspecified atom stereocenters. The van der Waals surface area contributed by atoms with Crippen LogP contribution in [-0.2, 0) is 14.9 Å². The number of rotatable bonds is 5.